The molecule has 3 N–H and O–H groups in total. The summed E-state index contributed by atoms with van der Waals surface area (Å²) >= 11 is 0. The van der Waals surface area contributed by atoms with Crippen molar-refractivity contribution < 1.29 is 24.2 Å². The van der Waals surface area contributed by atoms with E-state index in [9.17, 15) is 19.5 Å². The lowest BCUT2D eigenvalue weighted by molar-refractivity contribution is -0.143. The van der Waals surface area contributed by atoms with Crippen LogP contribution in [0.3, 0.4) is 0 Å². The molecule has 2 aromatic carbocycles. The Labute approximate surface area is 199 Å². The zero-order chi connectivity index (χ0) is 24.2. The van der Waals surface area contributed by atoms with E-state index in [1.165, 1.54) is 0 Å². The molecule has 2 aliphatic rings. The summed E-state index contributed by atoms with van der Waals surface area (Å²) in [5.41, 5.74) is 4.60. The minimum Gasteiger partial charge on any atom is -0.480 e. The molecule has 2 aromatic rings. The van der Waals surface area contributed by atoms with E-state index in [0.29, 0.717) is 6.42 Å². The number of fused-ring (bicyclic) bond motifs is 3. The van der Waals surface area contributed by atoms with Gasteiger partial charge in [-0.25, -0.2) is 9.59 Å². The number of ether oxygens (including phenoxy) is 1. The molecule has 3 unspecified atom stereocenters. The van der Waals surface area contributed by atoms with Gasteiger partial charge in [0.2, 0.25) is 5.91 Å². The third-order valence-corrected chi connectivity index (χ3v) is 7.04. The van der Waals surface area contributed by atoms with Crippen LogP contribution in [0.2, 0.25) is 0 Å². The first-order chi connectivity index (χ1) is 16.4. The Morgan fingerprint density at radius 1 is 1.00 bits per heavy atom. The molecule has 0 spiro atoms. The van der Waals surface area contributed by atoms with Crippen molar-refractivity contribution in [3.8, 4) is 11.1 Å². The zero-order valence-electron chi connectivity index (χ0n) is 19.6. The van der Waals surface area contributed by atoms with Gasteiger partial charge in [-0.2, -0.15) is 0 Å². The highest BCUT2D eigenvalue weighted by atomic mass is 16.5. The van der Waals surface area contributed by atoms with E-state index in [1.54, 1.807) is 6.92 Å². The highest BCUT2D eigenvalue weighted by molar-refractivity contribution is 5.84. The van der Waals surface area contributed by atoms with E-state index in [4.69, 9.17) is 4.74 Å². The van der Waals surface area contributed by atoms with Crippen molar-refractivity contribution in [2.24, 2.45) is 11.8 Å². The minimum atomic E-state index is -1.05. The highest BCUT2D eigenvalue weighted by Gasteiger charge is 2.36. The minimum absolute atomic E-state index is 0.0346. The second-order valence-corrected chi connectivity index (χ2v) is 9.39. The summed E-state index contributed by atoms with van der Waals surface area (Å²) in [5.74, 6) is -1.43. The van der Waals surface area contributed by atoms with Crippen LogP contribution >= 0.6 is 0 Å². The molecule has 0 bridgehead atoms. The fourth-order valence-electron chi connectivity index (χ4n) is 4.74. The van der Waals surface area contributed by atoms with E-state index in [-0.39, 0.29) is 42.7 Å². The maximum Gasteiger partial charge on any atom is 0.407 e. The van der Waals surface area contributed by atoms with Gasteiger partial charge in [-0.05, 0) is 46.9 Å². The molecule has 0 aromatic heterocycles. The number of hydrogen-bond donors (Lipinski definition) is 3. The molecule has 7 heteroatoms. The number of carbonyl (C=O) groups is 3. The van der Waals surface area contributed by atoms with Gasteiger partial charge in [-0.15, -0.1) is 0 Å². The first-order valence-electron chi connectivity index (χ1n) is 12.0. The Hall–Kier alpha value is -3.35. The predicted molar refractivity (Wildman–Crippen MR) is 128 cm³/mol. The molecule has 0 aliphatic heterocycles. The maximum absolute atomic E-state index is 12.7. The van der Waals surface area contributed by atoms with Crippen molar-refractivity contribution >= 4 is 18.0 Å². The normalized spacial score (nSPS) is 17.1. The molecule has 34 heavy (non-hydrogen) atoms. The average molecular weight is 465 g/mol. The van der Waals surface area contributed by atoms with E-state index in [2.05, 4.69) is 34.9 Å². The standard InChI is InChI=1S/C27H32N2O5/c1-3-16(2)25(26(31)32)29-24(30)14-23(17-12-13-17)28-27(33)34-15-22-20-10-6-4-8-18(20)19-9-5-7-11-21(19)22/h4-11,16-17,22-23,25H,3,12-15H2,1-2H3,(H,28,33)(H,29,30)(H,31,32). The van der Waals surface area contributed by atoms with Gasteiger partial charge in [0.15, 0.2) is 0 Å². The molecule has 0 radical (unpaired) electrons. The molecule has 0 saturated heterocycles. The third-order valence-electron chi connectivity index (χ3n) is 7.04. The summed E-state index contributed by atoms with van der Waals surface area (Å²) in [6.45, 7) is 3.89. The summed E-state index contributed by atoms with van der Waals surface area (Å²) in [7, 11) is 0. The van der Waals surface area contributed by atoms with Crippen LogP contribution in [0.4, 0.5) is 4.79 Å². The Balaban J connectivity index is 1.35. The van der Waals surface area contributed by atoms with Gasteiger partial charge in [0.05, 0.1) is 0 Å². The Kier molecular flexibility index (Phi) is 7.20. The smallest absolute Gasteiger partial charge is 0.407 e. The van der Waals surface area contributed by atoms with Gasteiger partial charge >= 0.3 is 12.1 Å². The first-order valence-corrected chi connectivity index (χ1v) is 12.0. The van der Waals surface area contributed by atoms with Crippen LogP contribution in [0, 0.1) is 11.8 Å². The van der Waals surface area contributed by atoms with E-state index < -0.39 is 18.1 Å². The van der Waals surface area contributed by atoms with E-state index in [0.717, 1.165) is 35.1 Å². The van der Waals surface area contributed by atoms with Crippen molar-refractivity contribution in [2.75, 3.05) is 6.61 Å². The van der Waals surface area contributed by atoms with Crippen LogP contribution in [0.1, 0.15) is 56.6 Å². The van der Waals surface area contributed by atoms with Gasteiger partial charge in [-0.1, -0.05) is 68.8 Å². The van der Waals surface area contributed by atoms with Gasteiger partial charge < -0.3 is 20.5 Å². The van der Waals surface area contributed by atoms with Crippen LogP contribution in [0.25, 0.3) is 11.1 Å². The van der Waals surface area contributed by atoms with Crippen molar-refractivity contribution in [1.29, 1.82) is 0 Å². The van der Waals surface area contributed by atoms with Crippen molar-refractivity contribution in [3.05, 3.63) is 59.7 Å². The fraction of sp³-hybridized carbons (Fsp3) is 0.444. The monoisotopic (exact) mass is 464 g/mol. The molecule has 2 aliphatic carbocycles. The average Bonchev–Trinajstić information content (AvgIpc) is 3.63. The molecule has 2 amide bonds. The van der Waals surface area contributed by atoms with E-state index in [1.807, 2.05) is 31.2 Å². The largest absolute Gasteiger partial charge is 0.480 e. The Bertz CT molecular complexity index is 1020. The van der Waals surface area contributed by atoms with Gasteiger partial charge in [0, 0.05) is 18.4 Å². The van der Waals surface area contributed by atoms with Gasteiger partial charge in [0.1, 0.15) is 12.6 Å². The molecule has 0 heterocycles. The lowest BCUT2D eigenvalue weighted by atomic mass is 9.98. The lowest BCUT2D eigenvalue weighted by Gasteiger charge is -2.23. The second-order valence-electron chi connectivity index (χ2n) is 9.39. The predicted octanol–water partition coefficient (Wildman–Crippen LogP) is 4.31. The molecule has 1 fully saturated rings. The summed E-state index contributed by atoms with van der Waals surface area (Å²) in [6, 6.07) is 15.0. The Morgan fingerprint density at radius 3 is 2.12 bits per heavy atom. The first kappa shape index (κ1) is 23.8. The number of hydrogen-bond acceptors (Lipinski definition) is 4. The number of rotatable bonds is 10. The van der Waals surface area contributed by atoms with Crippen molar-refractivity contribution in [2.45, 2.75) is 57.5 Å². The van der Waals surface area contributed by atoms with Gasteiger partial charge in [0.25, 0.3) is 0 Å². The topological polar surface area (TPSA) is 105 Å². The number of carboxylic acids is 1. The SMILES string of the molecule is CCC(C)C(NC(=O)CC(NC(=O)OCC1c2ccccc2-c2ccccc21)C1CC1)C(=O)O. The van der Waals surface area contributed by atoms with Crippen LogP contribution in [0.15, 0.2) is 48.5 Å². The zero-order valence-corrected chi connectivity index (χ0v) is 19.6. The molecule has 180 valence electrons. The van der Waals surface area contributed by atoms with Crippen molar-refractivity contribution in [1.82, 2.24) is 10.6 Å². The van der Waals surface area contributed by atoms with Gasteiger partial charge in [-0.3, -0.25) is 4.79 Å². The van der Waals surface area contributed by atoms with Crippen LogP contribution < -0.4 is 10.6 Å². The fourth-order valence-corrected chi connectivity index (χ4v) is 4.74. The molecule has 3 atom stereocenters. The maximum atomic E-state index is 12.7. The number of aliphatic carboxylic acids is 1. The van der Waals surface area contributed by atoms with Crippen LogP contribution in [-0.2, 0) is 14.3 Å². The summed E-state index contributed by atoms with van der Waals surface area (Å²) in [5, 5.41) is 14.9. The molecular formula is C27H32N2O5. The van der Waals surface area contributed by atoms with Crippen molar-refractivity contribution in [3.63, 3.8) is 0 Å². The number of carboxylic acid groups (broad SMARTS) is 1. The second kappa shape index (κ2) is 10.3. The summed E-state index contributed by atoms with van der Waals surface area (Å²) in [6.07, 6.45) is 1.98. The highest BCUT2D eigenvalue weighted by Crippen LogP contribution is 2.44. The van der Waals surface area contributed by atoms with Crippen LogP contribution in [0.5, 0.6) is 0 Å². The molecule has 4 rings (SSSR count). The number of amides is 2. The van der Waals surface area contributed by atoms with Crippen LogP contribution in [-0.4, -0.2) is 41.8 Å². The summed E-state index contributed by atoms with van der Waals surface area (Å²) < 4.78 is 5.63. The lowest BCUT2D eigenvalue weighted by Crippen LogP contribution is -2.48. The molecular weight excluding hydrogens is 432 g/mol. The Morgan fingerprint density at radius 2 is 1.59 bits per heavy atom. The third kappa shape index (κ3) is 5.24. The van der Waals surface area contributed by atoms with E-state index >= 15 is 0 Å². The molecule has 1 saturated carbocycles. The quantitative estimate of drug-likeness (QED) is 0.486. The number of nitrogens with one attached hydrogen (secondary N) is 2. The number of carbonyl (C=O) groups excluding carboxylic acids is 2. The number of alkyl carbamates (subject to hydrolysis) is 1. The summed E-state index contributed by atoms with van der Waals surface area (Å²) in [4.78, 5) is 36.8. The molecule has 7 nitrogen and oxygen atoms in total. The number of benzene rings is 2.